The lowest BCUT2D eigenvalue weighted by atomic mass is 10.00. The second kappa shape index (κ2) is 18.2. The molecule has 18 aromatic rings. The molecule has 0 atom stereocenters. The summed E-state index contributed by atoms with van der Waals surface area (Å²) in [5.74, 6) is 0. The van der Waals surface area contributed by atoms with Crippen molar-refractivity contribution < 1.29 is 0 Å². The van der Waals surface area contributed by atoms with Crippen LogP contribution in [0.5, 0.6) is 0 Å². The van der Waals surface area contributed by atoms with Crippen molar-refractivity contribution >= 4 is 109 Å². The molecule has 0 unspecified atom stereocenters. The molecule has 84 heavy (non-hydrogen) atoms. The van der Waals surface area contributed by atoms with Gasteiger partial charge >= 0.3 is 0 Å². The van der Waals surface area contributed by atoms with E-state index in [4.69, 9.17) is 0 Å². The first-order valence-electron chi connectivity index (χ1n) is 29.0. The highest BCUT2D eigenvalue weighted by Gasteiger charge is 2.22. The second-order valence-corrected chi connectivity index (χ2v) is 22.5. The Morgan fingerprint density at radius 1 is 0.143 bits per heavy atom. The summed E-state index contributed by atoms with van der Waals surface area (Å²) < 4.78 is 9.81. The maximum Gasteiger partial charge on any atom is 0.0562 e. The number of para-hydroxylation sites is 4. The zero-order chi connectivity index (χ0) is 55.0. The van der Waals surface area contributed by atoms with Crippen LogP contribution in [-0.4, -0.2) is 18.3 Å². The number of hydrogen-bond donors (Lipinski definition) is 0. The van der Waals surface area contributed by atoms with Gasteiger partial charge in [-0.1, -0.05) is 194 Å². The second-order valence-electron chi connectivity index (χ2n) is 22.5. The summed E-state index contributed by atoms with van der Waals surface area (Å²) in [7, 11) is 0. The van der Waals surface area contributed by atoms with Crippen molar-refractivity contribution in [3.05, 3.63) is 303 Å². The minimum atomic E-state index is 1.11. The van der Waals surface area contributed by atoms with Gasteiger partial charge in [-0.2, -0.15) is 0 Å². The first-order chi connectivity index (χ1) is 41.6. The predicted molar refractivity (Wildman–Crippen MR) is 355 cm³/mol. The third kappa shape index (κ3) is 7.08. The van der Waals surface area contributed by atoms with Crippen LogP contribution in [0.3, 0.4) is 0 Å². The summed E-state index contributed by atoms with van der Waals surface area (Å²) in [6.45, 7) is 0. The summed E-state index contributed by atoms with van der Waals surface area (Å²) in [6, 6.07) is 112. The van der Waals surface area contributed by atoms with Gasteiger partial charge in [0.2, 0.25) is 0 Å². The molecule has 4 nitrogen and oxygen atoms in total. The van der Waals surface area contributed by atoms with E-state index < -0.39 is 0 Å². The minimum Gasteiger partial charge on any atom is -0.309 e. The predicted octanol–water partition coefficient (Wildman–Crippen LogP) is 21.4. The molecule has 0 aliphatic carbocycles. The molecule has 0 saturated carbocycles. The van der Waals surface area contributed by atoms with Crippen molar-refractivity contribution in [2.24, 2.45) is 0 Å². The Balaban J connectivity index is 0.797. The molecule has 4 heteroatoms. The van der Waals surface area contributed by atoms with Gasteiger partial charge in [0.15, 0.2) is 0 Å². The van der Waals surface area contributed by atoms with Crippen LogP contribution in [0.4, 0.5) is 0 Å². The van der Waals surface area contributed by atoms with Crippen molar-refractivity contribution in [2.45, 2.75) is 0 Å². The van der Waals surface area contributed by atoms with Gasteiger partial charge in [0.05, 0.1) is 44.1 Å². The number of nitrogens with zero attached hydrogens (tertiary/aromatic N) is 4. The van der Waals surface area contributed by atoms with Crippen LogP contribution in [0.25, 0.3) is 165 Å². The Hall–Kier alpha value is -11.2. The Morgan fingerprint density at radius 3 is 0.845 bits per heavy atom. The van der Waals surface area contributed by atoms with E-state index >= 15 is 0 Å². The van der Waals surface area contributed by atoms with Crippen LogP contribution in [0.2, 0.25) is 0 Å². The standard InChI is InChI=1S/C80H50N4/c1-3-19-61(20-4-1)81-73-25-13-11-23-65(73)69-47-71-67-41-35-59(57-29-27-51-15-7-9-17-55(51)43-57)45-75(67)83(79(71)49-77(69)81)63-37-31-53(32-38-63)54-33-39-64(40-34-54)84-76-46-60(58-30-28-52-16-8-10-18-56(52)44-58)36-42-68(76)72-48-70-66-24-12-14-26-74(66)82(78(70)50-80(72)84)62-21-5-2-6-22-62/h1-50H. The van der Waals surface area contributed by atoms with E-state index in [1.54, 1.807) is 0 Å². The lowest BCUT2D eigenvalue weighted by Gasteiger charge is -2.13. The molecule has 0 saturated heterocycles. The van der Waals surface area contributed by atoms with Crippen molar-refractivity contribution in [1.82, 2.24) is 18.3 Å². The van der Waals surface area contributed by atoms with Crippen LogP contribution in [0.15, 0.2) is 303 Å². The largest absolute Gasteiger partial charge is 0.309 e. The molecule has 0 bridgehead atoms. The Morgan fingerprint density at radius 2 is 0.429 bits per heavy atom. The van der Waals surface area contributed by atoms with E-state index in [1.165, 1.54) is 131 Å². The smallest absolute Gasteiger partial charge is 0.0562 e. The van der Waals surface area contributed by atoms with Gasteiger partial charge in [0.25, 0.3) is 0 Å². The van der Waals surface area contributed by atoms with Gasteiger partial charge in [-0.25, -0.2) is 0 Å². The van der Waals surface area contributed by atoms with Crippen molar-refractivity contribution in [3.8, 4) is 56.1 Å². The molecule has 18 rings (SSSR count). The zero-order valence-corrected chi connectivity index (χ0v) is 45.7. The van der Waals surface area contributed by atoms with E-state index in [1.807, 2.05) is 0 Å². The van der Waals surface area contributed by atoms with Crippen LogP contribution >= 0.6 is 0 Å². The van der Waals surface area contributed by atoms with Gasteiger partial charge in [0.1, 0.15) is 0 Å². The first kappa shape index (κ1) is 46.5. The normalized spacial score (nSPS) is 12.0. The molecule has 4 aromatic heterocycles. The van der Waals surface area contributed by atoms with Gasteiger partial charge in [-0.3, -0.25) is 0 Å². The Bertz CT molecular complexity index is 5340. The lowest BCUT2D eigenvalue weighted by Crippen LogP contribution is -1.96. The van der Waals surface area contributed by atoms with E-state index in [0.717, 1.165) is 33.9 Å². The molecule has 0 N–H and O–H groups in total. The molecule has 0 fully saturated rings. The van der Waals surface area contributed by atoms with E-state index in [9.17, 15) is 0 Å². The van der Waals surface area contributed by atoms with Crippen LogP contribution in [0, 0.1) is 0 Å². The lowest BCUT2D eigenvalue weighted by molar-refractivity contribution is 1.16. The highest BCUT2D eigenvalue weighted by molar-refractivity contribution is 6.21. The SMILES string of the molecule is c1ccc(-n2c3ccccc3c3cc4c5ccc(-c6ccc7ccccc7c6)cc5n(-c5ccc(-c6ccc(-n7c8cc(-c9ccc%10ccccc%10c9)ccc8c8cc9c%10ccccc%10n(-c%10ccccc%10)c9cc87)cc6)cc5)c4cc32)cc1. The quantitative estimate of drug-likeness (QED) is 0.152. The molecular weight excluding hydrogens is 1020 g/mol. The molecule has 4 heterocycles. The van der Waals surface area contributed by atoms with E-state index in [0.29, 0.717) is 0 Å². The van der Waals surface area contributed by atoms with Crippen LogP contribution < -0.4 is 0 Å². The highest BCUT2D eigenvalue weighted by atomic mass is 15.0. The third-order valence-electron chi connectivity index (χ3n) is 17.9. The van der Waals surface area contributed by atoms with Gasteiger partial charge in [-0.15, -0.1) is 0 Å². The average Bonchev–Trinajstić information content (AvgIpc) is 2.90. The fourth-order valence-electron chi connectivity index (χ4n) is 13.9. The number of rotatable bonds is 7. The summed E-state index contributed by atoms with van der Waals surface area (Å²) in [5.41, 5.74) is 21.1. The molecule has 0 amide bonds. The summed E-state index contributed by atoms with van der Waals surface area (Å²) in [5, 5.41) is 14.9. The molecular formula is C80H50N4. The molecule has 0 aliphatic rings. The van der Waals surface area contributed by atoms with Gasteiger partial charge < -0.3 is 18.3 Å². The molecule has 0 aliphatic heterocycles. The van der Waals surface area contributed by atoms with E-state index in [2.05, 4.69) is 322 Å². The maximum atomic E-state index is 2.48. The van der Waals surface area contributed by atoms with Crippen molar-refractivity contribution in [1.29, 1.82) is 0 Å². The summed E-state index contributed by atoms with van der Waals surface area (Å²) >= 11 is 0. The fraction of sp³-hybridized carbons (Fsp3) is 0. The average molecular weight is 1070 g/mol. The number of benzene rings is 14. The Labute approximate surface area is 483 Å². The first-order valence-corrected chi connectivity index (χ1v) is 29.0. The maximum absolute atomic E-state index is 2.48. The van der Waals surface area contributed by atoms with Crippen LogP contribution in [-0.2, 0) is 0 Å². The minimum absolute atomic E-state index is 1.11. The number of aromatic nitrogens is 4. The van der Waals surface area contributed by atoms with Crippen molar-refractivity contribution in [3.63, 3.8) is 0 Å². The van der Waals surface area contributed by atoms with Crippen molar-refractivity contribution in [2.75, 3.05) is 0 Å². The summed E-state index contributed by atoms with van der Waals surface area (Å²) in [4.78, 5) is 0. The molecule has 14 aromatic carbocycles. The number of fused-ring (bicyclic) bond motifs is 14. The van der Waals surface area contributed by atoms with E-state index in [-0.39, 0.29) is 0 Å². The fourth-order valence-corrected chi connectivity index (χ4v) is 13.9. The van der Waals surface area contributed by atoms with Gasteiger partial charge in [-0.05, 0) is 164 Å². The van der Waals surface area contributed by atoms with Gasteiger partial charge in [0, 0.05) is 65.8 Å². The molecule has 0 spiro atoms. The topological polar surface area (TPSA) is 19.7 Å². The third-order valence-corrected chi connectivity index (χ3v) is 17.9. The van der Waals surface area contributed by atoms with Crippen LogP contribution in [0.1, 0.15) is 0 Å². The molecule has 390 valence electrons. The zero-order valence-electron chi connectivity index (χ0n) is 45.7. The highest BCUT2D eigenvalue weighted by Crippen LogP contribution is 2.44. The summed E-state index contributed by atoms with van der Waals surface area (Å²) in [6.07, 6.45) is 0. The Kier molecular flexibility index (Phi) is 10.1. The number of hydrogen-bond acceptors (Lipinski definition) is 0. The monoisotopic (exact) mass is 1070 g/mol. The molecule has 0 radical (unpaired) electrons.